The Kier molecular flexibility index (Phi) is 6.88. The summed E-state index contributed by atoms with van der Waals surface area (Å²) in [5, 5.41) is 9.13. The van der Waals surface area contributed by atoms with Crippen molar-refractivity contribution in [3.05, 3.63) is 35.4 Å². The second-order valence-corrected chi connectivity index (χ2v) is 5.24. The van der Waals surface area contributed by atoms with E-state index in [1.807, 2.05) is 13.0 Å². The first-order valence-electron chi connectivity index (χ1n) is 7.24. The zero-order valence-corrected chi connectivity index (χ0v) is 12.7. The fourth-order valence-corrected chi connectivity index (χ4v) is 2.16. The Morgan fingerprint density at radius 2 is 2.00 bits per heavy atom. The first kappa shape index (κ1) is 17.2. The molecular formula is C16H24N2O3. The monoisotopic (exact) mass is 292 g/mol. The highest BCUT2D eigenvalue weighted by molar-refractivity contribution is 5.89. The molecule has 0 aromatic heterocycles. The number of nitrogens with two attached hydrogens (primary N) is 1. The number of amides is 1. The Morgan fingerprint density at radius 3 is 2.57 bits per heavy atom. The average molecular weight is 292 g/mol. The lowest BCUT2D eigenvalue weighted by molar-refractivity contribution is -0.130. The van der Waals surface area contributed by atoms with Crippen LogP contribution in [-0.2, 0) is 11.2 Å². The molecule has 0 aliphatic carbocycles. The van der Waals surface area contributed by atoms with Gasteiger partial charge in [-0.05, 0) is 30.5 Å². The number of aromatic carboxylic acids is 1. The van der Waals surface area contributed by atoms with Crippen LogP contribution in [0.1, 0.15) is 35.7 Å². The summed E-state index contributed by atoms with van der Waals surface area (Å²) in [6.07, 6.45) is 1.87. The maximum absolute atomic E-state index is 12.1. The lowest BCUT2D eigenvalue weighted by atomic mass is 10.0. The van der Waals surface area contributed by atoms with Gasteiger partial charge in [-0.15, -0.1) is 0 Å². The standard InChI is InChI=1S/C16H24N2O3/c1-3-12(11-17)10-15(19)18(2)9-8-13-6-4-5-7-14(13)16(20)21/h4-7,12H,3,8-11,17H2,1-2H3,(H,20,21). The van der Waals surface area contributed by atoms with Crippen LogP contribution in [0.25, 0.3) is 0 Å². The molecule has 0 aliphatic heterocycles. The van der Waals surface area contributed by atoms with Crippen molar-refractivity contribution in [3.8, 4) is 0 Å². The number of benzene rings is 1. The van der Waals surface area contributed by atoms with Gasteiger partial charge in [-0.2, -0.15) is 0 Å². The van der Waals surface area contributed by atoms with Crippen LogP contribution in [0.3, 0.4) is 0 Å². The molecule has 0 spiro atoms. The molecule has 0 saturated carbocycles. The lowest BCUT2D eigenvalue weighted by Crippen LogP contribution is -2.32. The van der Waals surface area contributed by atoms with Crippen molar-refractivity contribution in [1.29, 1.82) is 0 Å². The molecule has 1 atom stereocenters. The van der Waals surface area contributed by atoms with Crippen molar-refractivity contribution in [1.82, 2.24) is 4.90 Å². The van der Waals surface area contributed by atoms with Crippen LogP contribution in [0, 0.1) is 5.92 Å². The van der Waals surface area contributed by atoms with Crippen LogP contribution in [0.4, 0.5) is 0 Å². The van der Waals surface area contributed by atoms with Gasteiger partial charge in [0.05, 0.1) is 5.56 Å². The van der Waals surface area contributed by atoms with Crippen LogP contribution < -0.4 is 5.73 Å². The van der Waals surface area contributed by atoms with Gasteiger partial charge in [0.25, 0.3) is 0 Å². The second-order valence-electron chi connectivity index (χ2n) is 5.24. The molecule has 0 radical (unpaired) electrons. The van der Waals surface area contributed by atoms with Gasteiger partial charge in [0.15, 0.2) is 0 Å². The average Bonchev–Trinajstić information content (AvgIpc) is 2.49. The Balaban J connectivity index is 2.59. The molecule has 0 bridgehead atoms. The molecule has 1 rings (SSSR count). The van der Waals surface area contributed by atoms with Crippen LogP contribution in [0.2, 0.25) is 0 Å². The minimum absolute atomic E-state index is 0.0557. The van der Waals surface area contributed by atoms with E-state index in [1.54, 1.807) is 30.1 Å². The number of hydrogen-bond acceptors (Lipinski definition) is 3. The quantitative estimate of drug-likeness (QED) is 0.764. The summed E-state index contributed by atoms with van der Waals surface area (Å²) >= 11 is 0. The lowest BCUT2D eigenvalue weighted by Gasteiger charge is -2.20. The van der Waals surface area contributed by atoms with Crippen molar-refractivity contribution in [3.63, 3.8) is 0 Å². The van der Waals surface area contributed by atoms with E-state index in [2.05, 4.69) is 0 Å². The number of hydrogen-bond donors (Lipinski definition) is 2. The molecule has 1 amide bonds. The van der Waals surface area contributed by atoms with E-state index in [9.17, 15) is 9.59 Å². The van der Waals surface area contributed by atoms with Crippen LogP contribution in [0.15, 0.2) is 24.3 Å². The molecule has 5 heteroatoms. The third-order valence-electron chi connectivity index (χ3n) is 3.76. The third kappa shape index (κ3) is 5.19. The van der Waals surface area contributed by atoms with Gasteiger partial charge in [0.2, 0.25) is 5.91 Å². The Morgan fingerprint density at radius 1 is 1.33 bits per heavy atom. The summed E-state index contributed by atoms with van der Waals surface area (Å²) in [6, 6.07) is 6.89. The first-order chi connectivity index (χ1) is 9.99. The van der Waals surface area contributed by atoms with Gasteiger partial charge < -0.3 is 15.7 Å². The van der Waals surface area contributed by atoms with Crippen molar-refractivity contribution < 1.29 is 14.7 Å². The molecule has 21 heavy (non-hydrogen) atoms. The third-order valence-corrected chi connectivity index (χ3v) is 3.76. The predicted octanol–water partition coefficient (Wildman–Crippen LogP) is 1.76. The predicted molar refractivity (Wildman–Crippen MR) is 82.2 cm³/mol. The number of carbonyl (C=O) groups is 2. The summed E-state index contributed by atoms with van der Waals surface area (Å²) in [5.74, 6) is -0.667. The number of carbonyl (C=O) groups excluding carboxylic acids is 1. The Bertz CT molecular complexity index is 484. The number of carboxylic acids is 1. The number of rotatable bonds is 8. The van der Waals surface area contributed by atoms with Gasteiger partial charge in [0.1, 0.15) is 0 Å². The summed E-state index contributed by atoms with van der Waals surface area (Å²) in [5.41, 5.74) is 6.66. The van der Waals surface area contributed by atoms with Gasteiger partial charge in [-0.3, -0.25) is 4.79 Å². The smallest absolute Gasteiger partial charge is 0.335 e. The summed E-state index contributed by atoms with van der Waals surface area (Å²) in [7, 11) is 1.74. The molecule has 5 nitrogen and oxygen atoms in total. The van der Waals surface area contributed by atoms with Gasteiger partial charge in [-0.1, -0.05) is 31.5 Å². The molecule has 3 N–H and O–H groups in total. The highest BCUT2D eigenvalue weighted by Crippen LogP contribution is 2.12. The molecule has 0 saturated heterocycles. The Hall–Kier alpha value is -1.88. The zero-order chi connectivity index (χ0) is 15.8. The topological polar surface area (TPSA) is 83.6 Å². The van der Waals surface area contributed by atoms with E-state index >= 15 is 0 Å². The Labute approximate surface area is 125 Å². The van der Waals surface area contributed by atoms with Gasteiger partial charge in [-0.25, -0.2) is 4.79 Å². The van der Waals surface area contributed by atoms with Gasteiger partial charge in [0, 0.05) is 20.0 Å². The molecule has 1 aromatic carbocycles. The summed E-state index contributed by atoms with van der Waals surface area (Å²) in [6.45, 7) is 3.04. The summed E-state index contributed by atoms with van der Waals surface area (Å²) in [4.78, 5) is 24.8. The highest BCUT2D eigenvalue weighted by atomic mass is 16.4. The van der Waals surface area contributed by atoms with E-state index in [4.69, 9.17) is 10.8 Å². The van der Waals surface area contributed by atoms with Crippen molar-refractivity contribution in [2.45, 2.75) is 26.2 Å². The number of carboxylic acid groups (broad SMARTS) is 1. The van der Waals surface area contributed by atoms with Crippen molar-refractivity contribution in [2.75, 3.05) is 20.1 Å². The molecule has 0 aliphatic rings. The molecular weight excluding hydrogens is 268 g/mol. The summed E-state index contributed by atoms with van der Waals surface area (Å²) < 4.78 is 0. The van der Waals surface area contributed by atoms with Crippen molar-refractivity contribution >= 4 is 11.9 Å². The minimum Gasteiger partial charge on any atom is -0.478 e. The van der Waals surface area contributed by atoms with Crippen LogP contribution in [-0.4, -0.2) is 42.0 Å². The molecule has 1 unspecified atom stereocenters. The fraction of sp³-hybridized carbons (Fsp3) is 0.500. The van der Waals surface area contributed by atoms with E-state index < -0.39 is 5.97 Å². The van der Waals surface area contributed by atoms with E-state index in [1.165, 1.54) is 0 Å². The largest absolute Gasteiger partial charge is 0.478 e. The molecule has 0 fully saturated rings. The normalized spacial score (nSPS) is 12.0. The molecule has 1 aromatic rings. The zero-order valence-electron chi connectivity index (χ0n) is 12.7. The van der Waals surface area contributed by atoms with Crippen molar-refractivity contribution in [2.24, 2.45) is 11.7 Å². The number of nitrogens with zero attached hydrogens (tertiary/aromatic N) is 1. The SMILES string of the molecule is CCC(CN)CC(=O)N(C)CCc1ccccc1C(=O)O. The highest BCUT2D eigenvalue weighted by Gasteiger charge is 2.15. The van der Waals surface area contributed by atoms with Gasteiger partial charge >= 0.3 is 5.97 Å². The molecule has 116 valence electrons. The maximum atomic E-state index is 12.1. The van der Waals surface area contributed by atoms with E-state index in [0.29, 0.717) is 31.5 Å². The van der Waals surface area contributed by atoms with Crippen LogP contribution >= 0.6 is 0 Å². The van der Waals surface area contributed by atoms with E-state index in [0.717, 1.165) is 12.0 Å². The fourth-order valence-electron chi connectivity index (χ4n) is 2.16. The maximum Gasteiger partial charge on any atom is 0.335 e. The van der Waals surface area contributed by atoms with Crippen LogP contribution in [0.5, 0.6) is 0 Å². The molecule has 0 heterocycles. The number of likely N-dealkylation sites (N-methyl/N-ethyl adjacent to an activating group) is 1. The van der Waals surface area contributed by atoms with E-state index in [-0.39, 0.29) is 11.8 Å². The first-order valence-corrected chi connectivity index (χ1v) is 7.24. The second kappa shape index (κ2) is 8.42. The minimum atomic E-state index is -0.936.